The maximum Gasteiger partial charge on any atom is 0.164 e. The first-order chi connectivity index (χ1) is 6.43. The second-order valence-corrected chi connectivity index (χ2v) is 3.12. The fraction of sp³-hybridized carbons (Fsp3) is 0.100. The monoisotopic (exact) mass is 172 g/mol. The van der Waals surface area contributed by atoms with Crippen LogP contribution in [0, 0.1) is 0 Å². The van der Waals surface area contributed by atoms with E-state index in [4.69, 9.17) is 4.52 Å². The fourth-order valence-corrected chi connectivity index (χ4v) is 1.61. The molecular weight excluding hydrogens is 164 g/mol. The molecule has 0 saturated heterocycles. The molecule has 0 spiro atoms. The van der Waals surface area contributed by atoms with E-state index in [0.29, 0.717) is 0 Å². The highest BCUT2D eigenvalue weighted by Crippen LogP contribution is 2.31. The normalized spacial score (nSPS) is 12.9. The number of fused-ring (bicyclic) bond motifs is 2. The molecule has 0 atom stereocenters. The molecule has 3 heteroatoms. The minimum absolute atomic E-state index is 0.832. The minimum atomic E-state index is 0.832. The predicted octanol–water partition coefficient (Wildman–Crippen LogP) is 2.32. The highest BCUT2D eigenvalue weighted by molar-refractivity contribution is 5.68. The van der Waals surface area contributed by atoms with Crippen LogP contribution in [0.15, 0.2) is 35.0 Å². The van der Waals surface area contributed by atoms with Gasteiger partial charge in [-0.2, -0.15) is 0 Å². The summed E-state index contributed by atoms with van der Waals surface area (Å²) in [5.41, 5.74) is 3.39. The molecule has 0 bridgehead atoms. The lowest BCUT2D eigenvalue weighted by molar-refractivity contribution is 0.389. The third kappa shape index (κ3) is 0.935. The quantitative estimate of drug-likeness (QED) is 0.565. The van der Waals surface area contributed by atoms with Crippen LogP contribution in [0.5, 0.6) is 0 Å². The first-order valence-corrected chi connectivity index (χ1v) is 4.22. The zero-order valence-corrected chi connectivity index (χ0v) is 6.95. The van der Waals surface area contributed by atoms with Gasteiger partial charge in [-0.25, -0.2) is 0 Å². The molecule has 0 fully saturated rings. The maximum atomic E-state index is 5.10. The van der Waals surface area contributed by atoms with E-state index in [1.165, 1.54) is 5.56 Å². The van der Waals surface area contributed by atoms with E-state index >= 15 is 0 Å². The Morgan fingerprint density at radius 2 is 2.15 bits per heavy atom. The average Bonchev–Trinajstić information content (AvgIpc) is 2.61. The molecule has 1 N–H and O–H groups in total. The third-order valence-corrected chi connectivity index (χ3v) is 2.28. The standard InChI is InChI=1S/C10H8N2O/c1-2-4-8-7(3-1)5-10-9(12-8)6-11-13-10/h1-4,6,12H,5H2. The number of nitrogens with one attached hydrogen (secondary N) is 1. The van der Waals surface area contributed by atoms with Gasteiger partial charge in [0.15, 0.2) is 5.76 Å². The lowest BCUT2D eigenvalue weighted by Gasteiger charge is -2.15. The van der Waals surface area contributed by atoms with E-state index in [1.807, 2.05) is 12.1 Å². The van der Waals surface area contributed by atoms with Crippen molar-refractivity contribution in [1.29, 1.82) is 0 Å². The van der Waals surface area contributed by atoms with E-state index in [0.717, 1.165) is 23.6 Å². The van der Waals surface area contributed by atoms with Gasteiger partial charge < -0.3 is 9.84 Å². The molecule has 2 heterocycles. The number of anilines is 2. The molecule has 1 aromatic carbocycles. The average molecular weight is 172 g/mol. The van der Waals surface area contributed by atoms with E-state index in [1.54, 1.807) is 6.20 Å². The van der Waals surface area contributed by atoms with E-state index in [-0.39, 0.29) is 0 Å². The van der Waals surface area contributed by atoms with E-state index < -0.39 is 0 Å². The molecule has 1 aliphatic rings. The molecule has 0 amide bonds. The van der Waals surface area contributed by atoms with Crippen LogP contribution in [0.1, 0.15) is 11.3 Å². The Balaban J connectivity index is 2.14. The van der Waals surface area contributed by atoms with Crippen molar-refractivity contribution in [3.63, 3.8) is 0 Å². The van der Waals surface area contributed by atoms with Gasteiger partial charge in [0.2, 0.25) is 0 Å². The number of rotatable bonds is 0. The first-order valence-electron chi connectivity index (χ1n) is 4.22. The van der Waals surface area contributed by atoms with Crippen LogP contribution < -0.4 is 5.32 Å². The smallest absolute Gasteiger partial charge is 0.164 e. The molecule has 0 aliphatic carbocycles. The zero-order chi connectivity index (χ0) is 8.67. The topological polar surface area (TPSA) is 38.1 Å². The fourth-order valence-electron chi connectivity index (χ4n) is 1.61. The van der Waals surface area contributed by atoms with Crippen molar-refractivity contribution in [2.45, 2.75) is 6.42 Å². The van der Waals surface area contributed by atoms with Gasteiger partial charge in [-0.1, -0.05) is 23.4 Å². The van der Waals surface area contributed by atoms with Gasteiger partial charge in [0.1, 0.15) is 5.69 Å². The van der Waals surface area contributed by atoms with Crippen LogP contribution in [0.3, 0.4) is 0 Å². The van der Waals surface area contributed by atoms with Crippen LogP contribution in [0.2, 0.25) is 0 Å². The van der Waals surface area contributed by atoms with Crippen molar-refractivity contribution in [2.75, 3.05) is 5.32 Å². The Kier molecular flexibility index (Phi) is 1.22. The van der Waals surface area contributed by atoms with Gasteiger partial charge in [0.05, 0.1) is 6.20 Å². The van der Waals surface area contributed by atoms with Gasteiger partial charge in [-0.05, 0) is 11.6 Å². The van der Waals surface area contributed by atoms with Gasteiger partial charge in [-0.3, -0.25) is 0 Å². The molecular formula is C10H8N2O. The van der Waals surface area contributed by atoms with Crippen LogP contribution in [-0.4, -0.2) is 5.16 Å². The van der Waals surface area contributed by atoms with Crippen molar-refractivity contribution in [3.05, 3.63) is 41.8 Å². The van der Waals surface area contributed by atoms with Crippen molar-refractivity contribution in [2.24, 2.45) is 0 Å². The summed E-state index contributed by atoms with van der Waals surface area (Å²) in [5, 5.41) is 7.01. The number of benzene rings is 1. The number of hydrogen-bond acceptors (Lipinski definition) is 3. The Morgan fingerprint density at radius 3 is 3.15 bits per heavy atom. The van der Waals surface area contributed by atoms with Crippen LogP contribution in [-0.2, 0) is 6.42 Å². The minimum Gasteiger partial charge on any atom is -0.359 e. The Labute approximate surface area is 75.4 Å². The zero-order valence-electron chi connectivity index (χ0n) is 6.95. The summed E-state index contributed by atoms with van der Waals surface area (Å²) in [6.45, 7) is 0. The van der Waals surface area contributed by atoms with E-state index in [9.17, 15) is 0 Å². The molecule has 64 valence electrons. The maximum absolute atomic E-state index is 5.10. The molecule has 0 unspecified atom stereocenters. The molecule has 3 nitrogen and oxygen atoms in total. The summed E-state index contributed by atoms with van der Waals surface area (Å²) in [6.07, 6.45) is 2.55. The van der Waals surface area contributed by atoms with Gasteiger partial charge >= 0.3 is 0 Å². The number of aromatic nitrogens is 1. The highest BCUT2D eigenvalue weighted by atomic mass is 16.5. The third-order valence-electron chi connectivity index (χ3n) is 2.28. The lowest BCUT2D eigenvalue weighted by atomic mass is 10.0. The van der Waals surface area contributed by atoms with Gasteiger partial charge in [0, 0.05) is 12.1 Å². The van der Waals surface area contributed by atoms with Crippen molar-refractivity contribution >= 4 is 11.4 Å². The van der Waals surface area contributed by atoms with Crippen molar-refractivity contribution < 1.29 is 4.52 Å². The first kappa shape index (κ1) is 6.71. The summed E-state index contributed by atoms with van der Waals surface area (Å²) in [7, 11) is 0. The Morgan fingerprint density at radius 1 is 1.23 bits per heavy atom. The predicted molar refractivity (Wildman–Crippen MR) is 49.0 cm³/mol. The van der Waals surface area contributed by atoms with E-state index in [2.05, 4.69) is 22.6 Å². The molecule has 1 aromatic heterocycles. The second-order valence-electron chi connectivity index (χ2n) is 3.12. The van der Waals surface area contributed by atoms with Gasteiger partial charge in [-0.15, -0.1) is 0 Å². The Bertz CT molecular complexity index is 408. The van der Waals surface area contributed by atoms with Gasteiger partial charge in [0.25, 0.3) is 0 Å². The number of nitrogens with zero attached hydrogens (tertiary/aromatic N) is 1. The van der Waals surface area contributed by atoms with Crippen molar-refractivity contribution in [1.82, 2.24) is 5.16 Å². The summed E-state index contributed by atoms with van der Waals surface area (Å²) < 4.78 is 5.10. The highest BCUT2D eigenvalue weighted by Gasteiger charge is 2.17. The number of para-hydroxylation sites is 1. The SMILES string of the molecule is c1ccc2c(c1)Cc1oncc1N2. The summed E-state index contributed by atoms with van der Waals surface area (Å²) in [4.78, 5) is 0. The molecule has 0 saturated carbocycles. The number of hydrogen-bond donors (Lipinski definition) is 1. The molecule has 3 rings (SSSR count). The summed E-state index contributed by atoms with van der Waals surface area (Å²) >= 11 is 0. The van der Waals surface area contributed by atoms with Crippen molar-refractivity contribution in [3.8, 4) is 0 Å². The molecule has 13 heavy (non-hydrogen) atoms. The van der Waals surface area contributed by atoms with Crippen LogP contribution in [0.4, 0.5) is 11.4 Å². The summed E-state index contributed by atoms with van der Waals surface area (Å²) in [6, 6.07) is 8.20. The Hall–Kier alpha value is -1.77. The lowest BCUT2D eigenvalue weighted by Crippen LogP contribution is -2.03. The van der Waals surface area contributed by atoms with Crippen LogP contribution >= 0.6 is 0 Å². The largest absolute Gasteiger partial charge is 0.359 e. The molecule has 1 aliphatic heterocycles. The van der Waals surface area contributed by atoms with Crippen LogP contribution in [0.25, 0.3) is 0 Å². The molecule has 2 aromatic rings. The molecule has 0 radical (unpaired) electrons. The second kappa shape index (κ2) is 2.36. The summed E-state index contributed by atoms with van der Waals surface area (Å²) in [5.74, 6) is 0.915.